The lowest BCUT2D eigenvalue weighted by Crippen LogP contribution is -2.22. The van der Waals surface area contributed by atoms with Crippen LogP contribution in [0.15, 0.2) is 17.0 Å². The first-order chi connectivity index (χ1) is 6.90. The number of thiophene rings is 1. The third-order valence-electron chi connectivity index (χ3n) is 2.44. The molecule has 0 spiro atoms. The summed E-state index contributed by atoms with van der Waals surface area (Å²) in [6, 6.07) is 2.02. The molecule has 74 valence electrons. The highest BCUT2D eigenvalue weighted by Gasteiger charge is 2.06. The van der Waals surface area contributed by atoms with Crippen LogP contribution in [0, 0.1) is 0 Å². The first kappa shape index (κ1) is 9.62. The molecule has 0 saturated carbocycles. The maximum absolute atomic E-state index is 10.7. The number of nitrogens with one attached hydrogen (secondary N) is 1. The molecule has 1 aromatic rings. The van der Waals surface area contributed by atoms with Gasteiger partial charge in [-0.2, -0.15) is 0 Å². The number of aldehydes is 1. The number of carbonyl (C=O) groups excluding carboxylic acids is 1. The molecule has 0 radical (unpaired) electrons. The molecule has 0 atom stereocenters. The topological polar surface area (TPSA) is 29.1 Å². The average Bonchev–Trinajstić information content (AvgIpc) is 2.67. The van der Waals surface area contributed by atoms with E-state index >= 15 is 0 Å². The first-order valence-electron chi connectivity index (χ1n) is 4.83. The van der Waals surface area contributed by atoms with Crippen LogP contribution >= 0.6 is 11.3 Å². The number of rotatable bonds is 2. The smallest absolute Gasteiger partial charge is 0.160 e. The monoisotopic (exact) mass is 207 g/mol. The Morgan fingerprint density at radius 2 is 2.14 bits per heavy atom. The summed E-state index contributed by atoms with van der Waals surface area (Å²) in [4.78, 5) is 11.5. The molecule has 1 aliphatic rings. The van der Waals surface area contributed by atoms with Gasteiger partial charge in [-0.25, -0.2) is 0 Å². The lowest BCUT2D eigenvalue weighted by atomic mass is 10.0. The molecule has 0 aliphatic carbocycles. The Morgan fingerprint density at radius 3 is 2.86 bits per heavy atom. The predicted molar refractivity (Wildman–Crippen MR) is 59.8 cm³/mol. The van der Waals surface area contributed by atoms with Gasteiger partial charge in [-0.3, -0.25) is 4.79 Å². The fourth-order valence-corrected chi connectivity index (χ4v) is 2.34. The van der Waals surface area contributed by atoms with Crippen molar-refractivity contribution in [2.45, 2.75) is 12.8 Å². The van der Waals surface area contributed by atoms with Crippen LogP contribution in [-0.2, 0) is 0 Å². The largest absolute Gasteiger partial charge is 0.316 e. The fourth-order valence-electron chi connectivity index (χ4n) is 1.66. The summed E-state index contributed by atoms with van der Waals surface area (Å²) in [6.07, 6.45) is 5.32. The molecule has 1 aliphatic heterocycles. The van der Waals surface area contributed by atoms with Crippen molar-refractivity contribution in [1.82, 2.24) is 5.32 Å². The van der Waals surface area contributed by atoms with Crippen molar-refractivity contribution >= 4 is 23.7 Å². The zero-order valence-corrected chi connectivity index (χ0v) is 8.77. The van der Waals surface area contributed by atoms with Crippen molar-refractivity contribution in [3.05, 3.63) is 27.5 Å². The Morgan fingerprint density at radius 1 is 1.36 bits per heavy atom. The van der Waals surface area contributed by atoms with Crippen molar-refractivity contribution < 1.29 is 4.79 Å². The molecule has 14 heavy (non-hydrogen) atoms. The molecule has 1 fully saturated rings. The van der Waals surface area contributed by atoms with E-state index in [0.717, 1.165) is 42.7 Å². The summed E-state index contributed by atoms with van der Waals surface area (Å²) >= 11 is 1.51. The second-order valence-electron chi connectivity index (χ2n) is 3.41. The maximum atomic E-state index is 10.7. The van der Waals surface area contributed by atoms with Gasteiger partial charge in [-0.15, -0.1) is 11.3 Å². The third kappa shape index (κ3) is 2.11. The second kappa shape index (κ2) is 4.53. The van der Waals surface area contributed by atoms with E-state index in [4.69, 9.17) is 0 Å². The minimum absolute atomic E-state index is 0.844. The van der Waals surface area contributed by atoms with Crippen LogP contribution < -0.4 is 5.32 Å². The van der Waals surface area contributed by atoms with Crippen LogP contribution in [0.5, 0.6) is 0 Å². The van der Waals surface area contributed by atoms with Crippen LogP contribution in [0.4, 0.5) is 0 Å². The lowest BCUT2D eigenvalue weighted by Gasteiger charge is -2.14. The maximum Gasteiger partial charge on any atom is 0.160 e. The Labute approximate surface area is 87.6 Å². The quantitative estimate of drug-likeness (QED) is 0.754. The predicted octanol–water partition coefficient (Wildman–Crippen LogP) is 2.33. The summed E-state index contributed by atoms with van der Waals surface area (Å²) < 4.78 is 0. The number of hydrogen-bond acceptors (Lipinski definition) is 3. The normalized spacial score (nSPS) is 16.7. The van der Waals surface area contributed by atoms with Gasteiger partial charge in [0.25, 0.3) is 0 Å². The molecule has 2 heterocycles. The zero-order valence-electron chi connectivity index (χ0n) is 7.95. The van der Waals surface area contributed by atoms with E-state index in [1.54, 1.807) is 0 Å². The molecular formula is C11H13NOS. The van der Waals surface area contributed by atoms with Gasteiger partial charge in [0.2, 0.25) is 0 Å². The molecule has 0 amide bonds. The highest BCUT2D eigenvalue weighted by Crippen LogP contribution is 2.20. The van der Waals surface area contributed by atoms with E-state index in [2.05, 4.69) is 11.4 Å². The number of carbonyl (C=O) groups is 1. The highest BCUT2D eigenvalue weighted by atomic mass is 32.1. The van der Waals surface area contributed by atoms with Gasteiger partial charge in [-0.05, 0) is 42.9 Å². The van der Waals surface area contributed by atoms with Crippen molar-refractivity contribution in [3.63, 3.8) is 0 Å². The summed E-state index contributed by atoms with van der Waals surface area (Å²) in [5.41, 5.74) is 2.53. The minimum atomic E-state index is 0.844. The molecule has 0 aromatic carbocycles. The SMILES string of the molecule is O=Cc1sccc1C=C1CCNCC1. The Kier molecular flexibility index (Phi) is 3.11. The van der Waals surface area contributed by atoms with Crippen LogP contribution in [-0.4, -0.2) is 19.4 Å². The zero-order chi connectivity index (χ0) is 9.80. The van der Waals surface area contributed by atoms with Gasteiger partial charge in [-0.1, -0.05) is 11.6 Å². The molecular weight excluding hydrogens is 194 g/mol. The lowest BCUT2D eigenvalue weighted by molar-refractivity contribution is 0.112. The molecule has 1 aromatic heterocycles. The van der Waals surface area contributed by atoms with Crippen LogP contribution in [0.1, 0.15) is 28.1 Å². The van der Waals surface area contributed by atoms with E-state index in [9.17, 15) is 4.79 Å². The van der Waals surface area contributed by atoms with Gasteiger partial charge in [0.15, 0.2) is 6.29 Å². The standard InChI is InChI=1S/C11H13NOS/c13-8-11-10(3-6-14-11)7-9-1-4-12-5-2-9/h3,6-8,12H,1-2,4-5H2. The summed E-state index contributed by atoms with van der Waals surface area (Å²) in [6.45, 7) is 2.12. The van der Waals surface area contributed by atoms with Crippen LogP contribution in [0.3, 0.4) is 0 Å². The van der Waals surface area contributed by atoms with Crippen LogP contribution in [0.2, 0.25) is 0 Å². The fraction of sp³-hybridized carbons (Fsp3) is 0.364. The Balaban J connectivity index is 2.18. The molecule has 0 unspecified atom stereocenters. The van der Waals surface area contributed by atoms with Crippen molar-refractivity contribution in [2.24, 2.45) is 0 Å². The molecule has 2 nitrogen and oxygen atoms in total. The molecule has 3 heteroatoms. The van der Waals surface area contributed by atoms with E-state index in [-0.39, 0.29) is 0 Å². The van der Waals surface area contributed by atoms with E-state index < -0.39 is 0 Å². The van der Waals surface area contributed by atoms with E-state index in [1.165, 1.54) is 16.9 Å². The van der Waals surface area contributed by atoms with Crippen molar-refractivity contribution in [1.29, 1.82) is 0 Å². The molecule has 1 saturated heterocycles. The minimum Gasteiger partial charge on any atom is -0.316 e. The first-order valence-corrected chi connectivity index (χ1v) is 5.71. The van der Waals surface area contributed by atoms with E-state index in [0.29, 0.717) is 0 Å². The van der Waals surface area contributed by atoms with E-state index in [1.807, 2.05) is 11.4 Å². The van der Waals surface area contributed by atoms with Gasteiger partial charge in [0.05, 0.1) is 4.88 Å². The van der Waals surface area contributed by atoms with Gasteiger partial charge in [0, 0.05) is 0 Å². The van der Waals surface area contributed by atoms with Crippen molar-refractivity contribution in [2.75, 3.05) is 13.1 Å². The summed E-state index contributed by atoms with van der Waals surface area (Å²) in [5.74, 6) is 0. The average molecular weight is 207 g/mol. The second-order valence-corrected chi connectivity index (χ2v) is 4.36. The third-order valence-corrected chi connectivity index (χ3v) is 3.30. The Hall–Kier alpha value is -0.930. The summed E-state index contributed by atoms with van der Waals surface area (Å²) in [7, 11) is 0. The molecule has 0 bridgehead atoms. The van der Waals surface area contributed by atoms with Crippen molar-refractivity contribution in [3.8, 4) is 0 Å². The Bertz CT molecular complexity index is 346. The molecule has 2 rings (SSSR count). The molecule has 1 N–H and O–H groups in total. The highest BCUT2D eigenvalue weighted by molar-refractivity contribution is 7.11. The summed E-state index contributed by atoms with van der Waals surface area (Å²) in [5, 5.41) is 5.28. The van der Waals surface area contributed by atoms with Gasteiger partial charge >= 0.3 is 0 Å². The van der Waals surface area contributed by atoms with Gasteiger partial charge in [0.1, 0.15) is 0 Å². The number of hydrogen-bond donors (Lipinski definition) is 1. The van der Waals surface area contributed by atoms with Crippen LogP contribution in [0.25, 0.3) is 6.08 Å². The number of piperidine rings is 1. The van der Waals surface area contributed by atoms with Gasteiger partial charge < -0.3 is 5.32 Å².